The van der Waals surface area contributed by atoms with E-state index in [9.17, 15) is 0 Å². The summed E-state index contributed by atoms with van der Waals surface area (Å²) in [7, 11) is 0. The zero-order chi connectivity index (χ0) is 8.10. The van der Waals surface area contributed by atoms with Gasteiger partial charge in [-0.2, -0.15) is 0 Å². The van der Waals surface area contributed by atoms with E-state index in [1.165, 1.54) is 0 Å². The molecule has 11 heavy (non-hydrogen) atoms. The topological polar surface area (TPSA) is 46.2 Å². The zero-order valence-electron chi connectivity index (χ0n) is 6.20. The Morgan fingerprint density at radius 3 is 2.45 bits per heavy atom. The predicted octanol–water partition coefficient (Wildman–Crippen LogP) is 1.27. The Morgan fingerprint density at radius 2 is 1.91 bits per heavy atom. The third-order valence-corrected chi connectivity index (χ3v) is 1.35. The standard InChI is InChI=1S/C9H11NO/c10-9-5-3-8(4-6-9)2-1-7-11/h1-6,11H,7,10H2. The minimum atomic E-state index is 0.0738. The highest BCUT2D eigenvalue weighted by atomic mass is 16.2. The van der Waals surface area contributed by atoms with Gasteiger partial charge in [0.1, 0.15) is 0 Å². The zero-order valence-corrected chi connectivity index (χ0v) is 6.20. The predicted molar refractivity (Wildman–Crippen MR) is 47.0 cm³/mol. The highest BCUT2D eigenvalue weighted by molar-refractivity contribution is 5.53. The Morgan fingerprint density at radius 1 is 1.27 bits per heavy atom. The van der Waals surface area contributed by atoms with Crippen LogP contribution in [0.1, 0.15) is 5.56 Å². The molecule has 0 aliphatic carbocycles. The summed E-state index contributed by atoms with van der Waals surface area (Å²) in [5, 5.41) is 8.47. The van der Waals surface area contributed by atoms with Crippen LogP contribution in [0.3, 0.4) is 0 Å². The summed E-state index contributed by atoms with van der Waals surface area (Å²) >= 11 is 0. The van der Waals surface area contributed by atoms with Gasteiger partial charge < -0.3 is 10.8 Å². The number of aliphatic hydroxyl groups is 1. The van der Waals surface area contributed by atoms with Crippen LogP contribution in [-0.2, 0) is 0 Å². The van der Waals surface area contributed by atoms with E-state index in [0.717, 1.165) is 11.3 Å². The van der Waals surface area contributed by atoms with Gasteiger partial charge in [0.15, 0.2) is 0 Å². The third-order valence-electron chi connectivity index (χ3n) is 1.35. The van der Waals surface area contributed by atoms with Crippen LogP contribution < -0.4 is 5.73 Å². The molecule has 0 spiro atoms. The van der Waals surface area contributed by atoms with Crippen molar-refractivity contribution in [1.29, 1.82) is 0 Å². The lowest BCUT2D eigenvalue weighted by atomic mass is 10.2. The van der Waals surface area contributed by atoms with Gasteiger partial charge in [-0.05, 0) is 17.7 Å². The minimum absolute atomic E-state index is 0.0738. The van der Waals surface area contributed by atoms with Gasteiger partial charge in [0.25, 0.3) is 0 Å². The summed E-state index contributed by atoms with van der Waals surface area (Å²) in [6.45, 7) is 0.0738. The molecule has 0 radical (unpaired) electrons. The van der Waals surface area contributed by atoms with Crippen molar-refractivity contribution < 1.29 is 5.11 Å². The van der Waals surface area contributed by atoms with Crippen molar-refractivity contribution in [3.63, 3.8) is 0 Å². The van der Waals surface area contributed by atoms with Crippen LogP contribution in [0.4, 0.5) is 5.69 Å². The van der Waals surface area contributed by atoms with Gasteiger partial charge in [0, 0.05) is 5.69 Å². The van der Waals surface area contributed by atoms with Crippen molar-refractivity contribution in [2.45, 2.75) is 0 Å². The van der Waals surface area contributed by atoms with Crippen molar-refractivity contribution in [2.75, 3.05) is 12.3 Å². The Bertz CT molecular complexity index is 238. The first-order chi connectivity index (χ1) is 5.33. The number of aliphatic hydroxyl groups excluding tert-OH is 1. The number of nitrogen functional groups attached to an aromatic ring is 1. The summed E-state index contributed by atoms with van der Waals surface area (Å²) in [4.78, 5) is 0. The van der Waals surface area contributed by atoms with Crippen molar-refractivity contribution in [3.8, 4) is 0 Å². The Kier molecular flexibility index (Phi) is 2.69. The summed E-state index contributed by atoms with van der Waals surface area (Å²) in [6, 6.07) is 7.47. The number of anilines is 1. The first-order valence-corrected chi connectivity index (χ1v) is 3.46. The Labute approximate surface area is 66.0 Å². The van der Waals surface area contributed by atoms with Crippen LogP contribution in [0.2, 0.25) is 0 Å². The van der Waals surface area contributed by atoms with Gasteiger partial charge in [0.05, 0.1) is 6.61 Å². The highest BCUT2D eigenvalue weighted by Crippen LogP contribution is 2.06. The first-order valence-electron chi connectivity index (χ1n) is 3.46. The largest absolute Gasteiger partial charge is 0.399 e. The molecule has 0 bridgehead atoms. The Balaban J connectivity index is 2.73. The van der Waals surface area contributed by atoms with E-state index >= 15 is 0 Å². The van der Waals surface area contributed by atoms with Crippen LogP contribution in [0.25, 0.3) is 6.08 Å². The fourth-order valence-corrected chi connectivity index (χ4v) is 0.796. The molecule has 0 aliphatic heterocycles. The molecule has 1 aromatic carbocycles. The number of hydrogen-bond donors (Lipinski definition) is 2. The first kappa shape index (κ1) is 7.82. The smallest absolute Gasteiger partial charge is 0.0615 e. The van der Waals surface area contributed by atoms with Crippen LogP contribution in [0.5, 0.6) is 0 Å². The molecule has 0 fully saturated rings. The maximum absolute atomic E-state index is 8.47. The van der Waals surface area contributed by atoms with E-state index in [2.05, 4.69) is 0 Å². The molecule has 0 aromatic heterocycles. The quantitative estimate of drug-likeness (QED) is 0.622. The van der Waals surface area contributed by atoms with E-state index < -0.39 is 0 Å². The van der Waals surface area contributed by atoms with Gasteiger partial charge in [-0.3, -0.25) is 0 Å². The summed E-state index contributed by atoms with van der Waals surface area (Å²) in [6.07, 6.45) is 3.53. The SMILES string of the molecule is Nc1ccc(C=CCO)cc1. The molecular formula is C9H11NO. The normalized spacial score (nSPS) is 10.6. The highest BCUT2D eigenvalue weighted by Gasteiger charge is 1.84. The van der Waals surface area contributed by atoms with Crippen LogP contribution in [0, 0.1) is 0 Å². The average molecular weight is 149 g/mol. The van der Waals surface area contributed by atoms with Crippen molar-refractivity contribution in [1.82, 2.24) is 0 Å². The van der Waals surface area contributed by atoms with E-state index in [0.29, 0.717) is 0 Å². The maximum Gasteiger partial charge on any atom is 0.0615 e. The molecule has 3 N–H and O–H groups in total. The molecular weight excluding hydrogens is 138 g/mol. The number of benzene rings is 1. The lowest BCUT2D eigenvalue weighted by Gasteiger charge is -1.93. The van der Waals surface area contributed by atoms with Crippen molar-refractivity contribution in [2.24, 2.45) is 0 Å². The third kappa shape index (κ3) is 2.43. The van der Waals surface area contributed by atoms with E-state index in [-0.39, 0.29) is 6.61 Å². The second-order valence-corrected chi connectivity index (χ2v) is 2.25. The van der Waals surface area contributed by atoms with E-state index in [1.807, 2.05) is 30.3 Å². The molecule has 0 amide bonds. The summed E-state index contributed by atoms with van der Waals surface area (Å²) < 4.78 is 0. The number of rotatable bonds is 2. The fourth-order valence-electron chi connectivity index (χ4n) is 0.796. The molecule has 2 heteroatoms. The second kappa shape index (κ2) is 3.78. The van der Waals surface area contributed by atoms with Gasteiger partial charge in [-0.15, -0.1) is 0 Å². The van der Waals surface area contributed by atoms with E-state index in [1.54, 1.807) is 6.08 Å². The van der Waals surface area contributed by atoms with Gasteiger partial charge >= 0.3 is 0 Å². The monoisotopic (exact) mass is 149 g/mol. The molecule has 0 saturated heterocycles. The van der Waals surface area contributed by atoms with Gasteiger partial charge in [0.2, 0.25) is 0 Å². The van der Waals surface area contributed by atoms with Gasteiger partial charge in [-0.25, -0.2) is 0 Å². The Hall–Kier alpha value is -1.28. The van der Waals surface area contributed by atoms with Crippen LogP contribution in [0.15, 0.2) is 30.3 Å². The summed E-state index contributed by atoms with van der Waals surface area (Å²) in [5.41, 5.74) is 7.29. The second-order valence-electron chi connectivity index (χ2n) is 2.25. The molecule has 58 valence electrons. The summed E-state index contributed by atoms with van der Waals surface area (Å²) in [5.74, 6) is 0. The maximum atomic E-state index is 8.47. The fraction of sp³-hybridized carbons (Fsp3) is 0.111. The molecule has 0 aliphatic rings. The number of hydrogen-bond acceptors (Lipinski definition) is 2. The van der Waals surface area contributed by atoms with Crippen molar-refractivity contribution >= 4 is 11.8 Å². The molecule has 0 atom stereocenters. The molecule has 1 rings (SSSR count). The molecule has 0 saturated carbocycles. The molecule has 2 nitrogen and oxygen atoms in total. The molecule has 0 unspecified atom stereocenters. The van der Waals surface area contributed by atoms with Crippen LogP contribution >= 0.6 is 0 Å². The van der Waals surface area contributed by atoms with Crippen molar-refractivity contribution in [3.05, 3.63) is 35.9 Å². The van der Waals surface area contributed by atoms with Gasteiger partial charge in [-0.1, -0.05) is 24.3 Å². The molecule has 1 aromatic rings. The number of nitrogens with two attached hydrogens (primary N) is 1. The van der Waals surface area contributed by atoms with Crippen LogP contribution in [-0.4, -0.2) is 11.7 Å². The minimum Gasteiger partial charge on any atom is -0.399 e. The lowest BCUT2D eigenvalue weighted by Crippen LogP contribution is -1.82. The molecule has 0 heterocycles. The lowest BCUT2D eigenvalue weighted by molar-refractivity contribution is 0.343. The van der Waals surface area contributed by atoms with E-state index in [4.69, 9.17) is 10.8 Å². The average Bonchev–Trinajstić information content (AvgIpc) is 2.04.